The van der Waals surface area contributed by atoms with Crippen molar-refractivity contribution in [3.8, 4) is 11.5 Å². The van der Waals surface area contributed by atoms with Gasteiger partial charge in [0, 0.05) is 0 Å². The van der Waals surface area contributed by atoms with Gasteiger partial charge in [-0.3, -0.25) is 4.79 Å². The standard InChI is InChI=1S/C22H21FN2O5S/c1-13-4-9-18(28-3)17(10-13)25-19(26)11-30-22(27)21-14(2)24-20(31-21)12-29-16-7-5-15(23)6-8-16/h4-10H,11-12H2,1-3H3,(H,25,26). The third kappa shape index (κ3) is 6.02. The molecule has 0 atom stereocenters. The van der Waals surface area contributed by atoms with Gasteiger partial charge in [-0.05, 0) is 55.8 Å². The number of esters is 1. The summed E-state index contributed by atoms with van der Waals surface area (Å²) in [5, 5.41) is 3.23. The van der Waals surface area contributed by atoms with E-state index in [-0.39, 0.29) is 12.4 Å². The molecule has 0 radical (unpaired) electrons. The number of halogens is 1. The van der Waals surface area contributed by atoms with Crippen LogP contribution in [0.4, 0.5) is 10.1 Å². The Kier molecular flexibility index (Phi) is 7.19. The molecule has 2 aromatic carbocycles. The number of ether oxygens (including phenoxy) is 3. The fraction of sp³-hybridized carbons (Fsp3) is 0.227. The molecular formula is C22H21FN2O5S. The minimum atomic E-state index is -0.644. The Morgan fingerprint density at radius 3 is 2.58 bits per heavy atom. The van der Waals surface area contributed by atoms with Crippen LogP contribution in [-0.2, 0) is 16.1 Å². The van der Waals surface area contributed by atoms with Crippen LogP contribution in [0.1, 0.15) is 25.9 Å². The van der Waals surface area contributed by atoms with Gasteiger partial charge in [-0.15, -0.1) is 11.3 Å². The number of aromatic nitrogens is 1. The summed E-state index contributed by atoms with van der Waals surface area (Å²) in [7, 11) is 1.50. The summed E-state index contributed by atoms with van der Waals surface area (Å²) in [5.74, 6) is -0.489. The summed E-state index contributed by atoms with van der Waals surface area (Å²) in [4.78, 5) is 29.2. The molecule has 0 aliphatic carbocycles. The lowest BCUT2D eigenvalue weighted by Crippen LogP contribution is -2.21. The third-order valence-electron chi connectivity index (χ3n) is 4.17. The molecule has 0 aliphatic heterocycles. The van der Waals surface area contributed by atoms with E-state index in [2.05, 4.69) is 10.3 Å². The molecular weight excluding hydrogens is 423 g/mol. The predicted octanol–water partition coefficient (Wildman–Crippen LogP) is 4.28. The van der Waals surface area contributed by atoms with E-state index in [0.717, 1.165) is 16.9 Å². The van der Waals surface area contributed by atoms with Crippen LogP contribution in [0.3, 0.4) is 0 Å². The van der Waals surface area contributed by atoms with Crippen LogP contribution in [0.2, 0.25) is 0 Å². The van der Waals surface area contributed by atoms with Crippen molar-refractivity contribution in [3.63, 3.8) is 0 Å². The molecule has 3 rings (SSSR count). The van der Waals surface area contributed by atoms with Crippen LogP contribution in [0.25, 0.3) is 0 Å². The summed E-state index contributed by atoms with van der Waals surface area (Å²) in [6.07, 6.45) is 0. The number of amides is 1. The summed E-state index contributed by atoms with van der Waals surface area (Å²) in [6, 6.07) is 11.0. The zero-order chi connectivity index (χ0) is 22.4. The number of anilines is 1. The molecule has 0 saturated carbocycles. The molecule has 0 aliphatic rings. The Labute approximate surface area is 182 Å². The van der Waals surface area contributed by atoms with Crippen molar-refractivity contribution < 1.29 is 28.2 Å². The number of benzene rings is 2. The Hall–Kier alpha value is -3.46. The molecule has 0 saturated heterocycles. The second-order valence-electron chi connectivity index (χ2n) is 6.59. The molecule has 1 N–H and O–H groups in total. The van der Waals surface area contributed by atoms with E-state index in [0.29, 0.717) is 32.8 Å². The normalized spacial score (nSPS) is 10.5. The lowest BCUT2D eigenvalue weighted by Gasteiger charge is -2.11. The Morgan fingerprint density at radius 2 is 1.87 bits per heavy atom. The molecule has 0 spiro atoms. The van der Waals surface area contributed by atoms with Gasteiger partial charge < -0.3 is 19.5 Å². The lowest BCUT2D eigenvalue weighted by atomic mass is 10.2. The first kappa shape index (κ1) is 22.2. The van der Waals surface area contributed by atoms with Crippen LogP contribution in [-0.4, -0.2) is 30.6 Å². The number of methoxy groups -OCH3 is 1. The van der Waals surface area contributed by atoms with Gasteiger partial charge in [-0.25, -0.2) is 14.2 Å². The highest BCUT2D eigenvalue weighted by Crippen LogP contribution is 2.25. The van der Waals surface area contributed by atoms with Crippen LogP contribution in [0, 0.1) is 19.7 Å². The van der Waals surface area contributed by atoms with Crippen molar-refractivity contribution in [2.45, 2.75) is 20.5 Å². The highest BCUT2D eigenvalue weighted by molar-refractivity contribution is 7.13. The average Bonchev–Trinajstić information content (AvgIpc) is 3.12. The Balaban J connectivity index is 1.55. The first-order chi connectivity index (χ1) is 14.9. The maximum Gasteiger partial charge on any atom is 0.350 e. The van der Waals surface area contributed by atoms with E-state index < -0.39 is 18.5 Å². The highest BCUT2D eigenvalue weighted by Gasteiger charge is 2.19. The second kappa shape index (κ2) is 10.0. The molecule has 0 bridgehead atoms. The number of thiazole rings is 1. The molecule has 162 valence electrons. The molecule has 3 aromatic rings. The van der Waals surface area contributed by atoms with Crippen molar-refractivity contribution in [2.75, 3.05) is 19.0 Å². The van der Waals surface area contributed by atoms with Gasteiger partial charge >= 0.3 is 5.97 Å². The van der Waals surface area contributed by atoms with Crippen molar-refractivity contribution in [3.05, 3.63) is 69.4 Å². The zero-order valence-corrected chi connectivity index (χ0v) is 18.0. The Bertz CT molecular complexity index is 1080. The van der Waals surface area contributed by atoms with Gasteiger partial charge in [0.1, 0.15) is 33.8 Å². The SMILES string of the molecule is COc1ccc(C)cc1NC(=O)COC(=O)c1sc(COc2ccc(F)cc2)nc1C. The van der Waals surface area contributed by atoms with Gasteiger partial charge in [0.15, 0.2) is 6.61 Å². The average molecular weight is 444 g/mol. The molecule has 0 fully saturated rings. The number of nitrogens with zero attached hydrogens (tertiary/aromatic N) is 1. The number of nitrogens with one attached hydrogen (secondary N) is 1. The van der Waals surface area contributed by atoms with Crippen molar-refractivity contribution in [1.82, 2.24) is 4.98 Å². The van der Waals surface area contributed by atoms with Gasteiger partial charge in [-0.2, -0.15) is 0 Å². The number of rotatable bonds is 8. The fourth-order valence-corrected chi connectivity index (χ4v) is 3.55. The molecule has 9 heteroatoms. The molecule has 0 unspecified atom stereocenters. The number of hydrogen-bond acceptors (Lipinski definition) is 7. The summed E-state index contributed by atoms with van der Waals surface area (Å²) >= 11 is 1.12. The number of carbonyl (C=O) groups is 2. The maximum absolute atomic E-state index is 13.0. The van der Waals surface area contributed by atoms with Crippen LogP contribution in [0.15, 0.2) is 42.5 Å². The van der Waals surface area contributed by atoms with Gasteiger partial charge in [0.05, 0.1) is 18.5 Å². The maximum atomic E-state index is 13.0. The van der Waals surface area contributed by atoms with Gasteiger partial charge in [0.25, 0.3) is 5.91 Å². The van der Waals surface area contributed by atoms with Crippen molar-refractivity contribution in [1.29, 1.82) is 0 Å². The summed E-state index contributed by atoms with van der Waals surface area (Å²) in [5.41, 5.74) is 1.93. The van der Waals surface area contributed by atoms with Crippen molar-refractivity contribution in [2.24, 2.45) is 0 Å². The van der Waals surface area contributed by atoms with Crippen molar-refractivity contribution >= 4 is 28.9 Å². The minimum Gasteiger partial charge on any atom is -0.495 e. The van der Waals surface area contributed by atoms with E-state index in [9.17, 15) is 14.0 Å². The predicted molar refractivity (Wildman–Crippen MR) is 114 cm³/mol. The zero-order valence-electron chi connectivity index (χ0n) is 17.2. The van der Waals surface area contributed by atoms with Crippen LogP contribution < -0.4 is 14.8 Å². The van der Waals surface area contributed by atoms with E-state index in [4.69, 9.17) is 14.2 Å². The smallest absolute Gasteiger partial charge is 0.350 e. The first-order valence-electron chi connectivity index (χ1n) is 9.32. The second-order valence-corrected chi connectivity index (χ2v) is 7.68. The molecule has 1 amide bonds. The summed E-state index contributed by atoms with van der Waals surface area (Å²) < 4.78 is 28.8. The fourth-order valence-electron chi connectivity index (χ4n) is 2.68. The summed E-state index contributed by atoms with van der Waals surface area (Å²) in [6.45, 7) is 3.23. The van der Waals surface area contributed by atoms with Crippen LogP contribution in [0.5, 0.6) is 11.5 Å². The quantitative estimate of drug-likeness (QED) is 0.522. The highest BCUT2D eigenvalue weighted by atomic mass is 32.1. The molecule has 7 nitrogen and oxygen atoms in total. The largest absolute Gasteiger partial charge is 0.495 e. The topological polar surface area (TPSA) is 86.8 Å². The Morgan fingerprint density at radius 1 is 1.13 bits per heavy atom. The monoisotopic (exact) mass is 444 g/mol. The number of aryl methyl sites for hydroxylation is 2. The number of carbonyl (C=O) groups excluding carboxylic acids is 2. The minimum absolute atomic E-state index is 0.123. The van der Waals surface area contributed by atoms with Crippen LogP contribution >= 0.6 is 11.3 Å². The molecule has 31 heavy (non-hydrogen) atoms. The van der Waals surface area contributed by atoms with E-state index in [1.807, 2.05) is 13.0 Å². The molecule has 1 aromatic heterocycles. The third-order valence-corrected chi connectivity index (χ3v) is 5.28. The van der Waals surface area contributed by atoms with Gasteiger partial charge in [0.2, 0.25) is 0 Å². The first-order valence-corrected chi connectivity index (χ1v) is 10.1. The molecule has 1 heterocycles. The van der Waals surface area contributed by atoms with Gasteiger partial charge in [-0.1, -0.05) is 6.07 Å². The lowest BCUT2D eigenvalue weighted by molar-refractivity contribution is -0.119. The van der Waals surface area contributed by atoms with E-state index in [1.165, 1.54) is 31.4 Å². The number of hydrogen-bond donors (Lipinski definition) is 1. The van der Waals surface area contributed by atoms with E-state index >= 15 is 0 Å². The van der Waals surface area contributed by atoms with E-state index in [1.54, 1.807) is 19.1 Å².